The van der Waals surface area contributed by atoms with Crippen LogP contribution in [-0.4, -0.2) is 8.05 Å². The van der Waals surface area contributed by atoms with Gasteiger partial charge in [-0.3, -0.25) is 0 Å². The SMILES string of the molecule is Fc1c(F)c(Cl)c([Si](F)(F)Cl)c(F)c1Cl. The van der Waals surface area contributed by atoms with Gasteiger partial charge in [-0.15, -0.1) is 0 Å². The number of hydrogen-bond acceptors (Lipinski definition) is 0. The summed E-state index contributed by atoms with van der Waals surface area (Å²) in [6, 6.07) is 0. The molecule has 0 spiro atoms. The molecule has 0 fully saturated rings. The first-order valence-corrected chi connectivity index (χ1v) is 6.79. The van der Waals surface area contributed by atoms with E-state index in [1.165, 1.54) is 0 Å². The van der Waals surface area contributed by atoms with Gasteiger partial charge in [-0.05, 0) is 0 Å². The third-order valence-corrected chi connectivity index (χ3v) is 3.94. The number of hydrogen-bond donors (Lipinski definition) is 0. The van der Waals surface area contributed by atoms with E-state index in [0.29, 0.717) is 0 Å². The van der Waals surface area contributed by atoms with Crippen LogP contribution in [0.15, 0.2) is 0 Å². The number of benzene rings is 1. The van der Waals surface area contributed by atoms with Crippen LogP contribution in [0.2, 0.25) is 10.0 Å². The van der Waals surface area contributed by atoms with Crippen LogP contribution in [0.3, 0.4) is 0 Å². The van der Waals surface area contributed by atoms with Crippen LogP contribution in [0.5, 0.6) is 0 Å². The van der Waals surface area contributed by atoms with Gasteiger partial charge in [-0.2, -0.15) is 0 Å². The van der Waals surface area contributed by atoms with Crippen molar-refractivity contribution in [3.63, 3.8) is 0 Å². The molecule has 84 valence electrons. The lowest BCUT2D eigenvalue weighted by molar-refractivity contribution is 0.497. The van der Waals surface area contributed by atoms with Crippen molar-refractivity contribution in [1.29, 1.82) is 0 Å². The zero-order valence-corrected chi connectivity index (χ0v) is 9.79. The van der Waals surface area contributed by atoms with Crippen molar-refractivity contribution in [3.8, 4) is 0 Å². The molecule has 0 aliphatic rings. The van der Waals surface area contributed by atoms with Gasteiger partial charge in [0.1, 0.15) is 5.02 Å². The van der Waals surface area contributed by atoms with Gasteiger partial charge in [0.05, 0.1) is 10.2 Å². The van der Waals surface area contributed by atoms with E-state index >= 15 is 0 Å². The minimum atomic E-state index is -5.73. The van der Waals surface area contributed by atoms with Gasteiger partial charge in [0.25, 0.3) is 0 Å². The molecular formula is C6Cl3F5Si. The summed E-state index contributed by atoms with van der Waals surface area (Å²) in [6.07, 6.45) is 0. The third kappa shape index (κ3) is 2.22. The van der Waals surface area contributed by atoms with E-state index in [4.69, 9.17) is 23.2 Å². The van der Waals surface area contributed by atoms with Crippen molar-refractivity contribution in [2.75, 3.05) is 0 Å². The maximum Gasteiger partial charge on any atom is 0.558 e. The molecule has 0 aliphatic carbocycles. The molecule has 9 heteroatoms. The second kappa shape index (κ2) is 4.08. The lowest BCUT2D eigenvalue weighted by Crippen LogP contribution is -2.37. The van der Waals surface area contributed by atoms with E-state index < -0.39 is 40.7 Å². The molecule has 0 aliphatic heterocycles. The molecule has 0 heterocycles. The van der Waals surface area contributed by atoms with Gasteiger partial charge in [-0.25, -0.2) is 21.4 Å². The maximum atomic E-state index is 13.0. The maximum absolute atomic E-state index is 13.0. The Kier molecular flexibility index (Phi) is 3.54. The molecule has 0 aromatic heterocycles. The Hall–Kier alpha value is -0.0431. The summed E-state index contributed by atoms with van der Waals surface area (Å²) in [5.41, 5.74) is 0. The highest BCUT2D eigenvalue weighted by atomic mass is 35.6. The molecule has 0 saturated carbocycles. The molecule has 1 rings (SSSR count). The zero-order chi connectivity index (χ0) is 12.0. The first-order chi connectivity index (χ1) is 6.68. The molecule has 0 unspecified atom stereocenters. The van der Waals surface area contributed by atoms with Gasteiger partial charge in [0.2, 0.25) is 0 Å². The third-order valence-electron chi connectivity index (χ3n) is 1.49. The fourth-order valence-electron chi connectivity index (χ4n) is 0.854. The van der Waals surface area contributed by atoms with Gasteiger partial charge in [0.15, 0.2) is 17.5 Å². The highest BCUT2D eigenvalue weighted by Crippen LogP contribution is 2.30. The lowest BCUT2D eigenvalue weighted by Gasteiger charge is -2.11. The summed E-state index contributed by atoms with van der Waals surface area (Å²) in [5, 5.41) is -4.31. The average molecular weight is 302 g/mol. The number of halogens is 8. The first-order valence-electron chi connectivity index (χ1n) is 3.26. The summed E-state index contributed by atoms with van der Waals surface area (Å²) < 4.78 is 64.0. The first kappa shape index (κ1) is 13.0. The van der Waals surface area contributed by atoms with Crippen LogP contribution in [0.4, 0.5) is 21.4 Å². The van der Waals surface area contributed by atoms with Gasteiger partial charge >= 0.3 is 8.05 Å². The quantitative estimate of drug-likeness (QED) is 0.244. The molecule has 0 radical (unpaired) electrons. The van der Waals surface area contributed by atoms with Crippen molar-refractivity contribution < 1.29 is 21.4 Å². The summed E-state index contributed by atoms with van der Waals surface area (Å²) in [6.45, 7) is 0. The van der Waals surface area contributed by atoms with Crippen molar-refractivity contribution in [3.05, 3.63) is 27.5 Å². The predicted molar refractivity (Wildman–Crippen MR) is 49.8 cm³/mol. The minimum absolute atomic E-state index is 1.37. The topological polar surface area (TPSA) is 0 Å². The van der Waals surface area contributed by atoms with Crippen molar-refractivity contribution >= 4 is 47.5 Å². The Balaban J connectivity index is 3.68. The summed E-state index contributed by atoms with van der Waals surface area (Å²) >= 11 is 14.6. The summed E-state index contributed by atoms with van der Waals surface area (Å²) in [4.78, 5) is 0. The highest BCUT2D eigenvalue weighted by molar-refractivity contribution is 7.20. The minimum Gasteiger partial charge on any atom is -0.248 e. The predicted octanol–water partition coefficient (Wildman–Crippen LogP) is 3.73. The van der Waals surface area contributed by atoms with Crippen molar-refractivity contribution in [2.45, 2.75) is 0 Å². The van der Waals surface area contributed by atoms with E-state index in [9.17, 15) is 21.4 Å². The molecule has 0 N–H and O–H groups in total. The van der Waals surface area contributed by atoms with Gasteiger partial charge < -0.3 is 0 Å². The second-order valence-corrected chi connectivity index (χ2v) is 6.12. The van der Waals surface area contributed by atoms with Crippen molar-refractivity contribution in [1.82, 2.24) is 0 Å². The summed E-state index contributed by atoms with van der Waals surface area (Å²) in [7, 11) is -5.73. The molecule has 0 atom stereocenters. The monoisotopic (exact) mass is 300 g/mol. The van der Waals surface area contributed by atoms with Crippen LogP contribution in [0.25, 0.3) is 0 Å². The molecule has 1 aromatic rings. The van der Waals surface area contributed by atoms with E-state index in [-0.39, 0.29) is 0 Å². The molecule has 0 nitrogen and oxygen atoms in total. The molecular weight excluding hydrogens is 302 g/mol. The van der Waals surface area contributed by atoms with E-state index in [1.807, 2.05) is 0 Å². The van der Waals surface area contributed by atoms with Crippen LogP contribution in [-0.2, 0) is 0 Å². The normalized spacial score (nSPS) is 12.0. The Morgan fingerprint density at radius 2 is 1.20 bits per heavy atom. The summed E-state index contributed by atoms with van der Waals surface area (Å²) in [5.74, 6) is -5.49. The molecule has 0 amide bonds. The Morgan fingerprint density at radius 3 is 1.60 bits per heavy atom. The van der Waals surface area contributed by atoms with Crippen LogP contribution >= 0.6 is 34.3 Å². The molecule has 1 aromatic carbocycles. The zero-order valence-electron chi connectivity index (χ0n) is 6.52. The number of rotatable bonds is 1. The van der Waals surface area contributed by atoms with Gasteiger partial charge in [-0.1, -0.05) is 34.3 Å². The van der Waals surface area contributed by atoms with E-state index in [2.05, 4.69) is 11.1 Å². The molecule has 15 heavy (non-hydrogen) atoms. The fraction of sp³-hybridized carbons (Fsp3) is 0. The Labute approximate surface area is 96.6 Å². The Morgan fingerprint density at radius 1 is 0.800 bits per heavy atom. The van der Waals surface area contributed by atoms with Gasteiger partial charge in [0, 0.05) is 0 Å². The highest BCUT2D eigenvalue weighted by Gasteiger charge is 2.44. The largest absolute Gasteiger partial charge is 0.558 e. The van der Waals surface area contributed by atoms with E-state index in [1.54, 1.807) is 0 Å². The lowest BCUT2D eigenvalue weighted by atomic mass is 10.3. The standard InChI is InChI=1S/C6Cl3F5Si/c7-1-3(10)4(11)2(8)6(5(1)12)15(9,13)14. The van der Waals surface area contributed by atoms with Crippen LogP contribution in [0, 0.1) is 17.5 Å². The molecule has 0 saturated heterocycles. The van der Waals surface area contributed by atoms with Crippen LogP contribution < -0.4 is 5.19 Å². The Bertz CT molecular complexity index is 387. The van der Waals surface area contributed by atoms with E-state index in [0.717, 1.165) is 0 Å². The second-order valence-electron chi connectivity index (χ2n) is 2.44. The average Bonchev–Trinajstić information content (AvgIpc) is 2.09. The van der Waals surface area contributed by atoms with Crippen LogP contribution in [0.1, 0.15) is 0 Å². The smallest absolute Gasteiger partial charge is 0.248 e. The fourth-order valence-corrected chi connectivity index (χ4v) is 3.04. The van der Waals surface area contributed by atoms with Crippen molar-refractivity contribution in [2.24, 2.45) is 0 Å². The molecule has 0 bridgehead atoms.